The summed E-state index contributed by atoms with van der Waals surface area (Å²) in [6, 6.07) is 7.18. The van der Waals surface area contributed by atoms with Crippen LogP contribution in [0.3, 0.4) is 0 Å². The van der Waals surface area contributed by atoms with E-state index in [-0.39, 0.29) is 5.91 Å². The standard InChI is InChI=1S/C14H20N4O3/c1-15-17-12-4-2-11(3-5-12)13(21-10-19)14(20)18-8-6-16-7-9-18/h2-5,10,13,15-17H,6-9H2,1H3. The molecule has 0 saturated carbocycles. The third-order valence-corrected chi connectivity index (χ3v) is 3.33. The van der Waals surface area contributed by atoms with E-state index in [0.29, 0.717) is 25.1 Å². The van der Waals surface area contributed by atoms with Gasteiger partial charge in [0.1, 0.15) is 0 Å². The first kappa shape index (κ1) is 15.3. The van der Waals surface area contributed by atoms with Gasteiger partial charge in [-0.05, 0) is 12.1 Å². The Bertz CT molecular complexity index is 472. The van der Waals surface area contributed by atoms with E-state index in [4.69, 9.17) is 4.74 Å². The molecule has 1 amide bonds. The summed E-state index contributed by atoms with van der Waals surface area (Å²) in [6.45, 7) is 3.08. The first-order valence-electron chi connectivity index (χ1n) is 6.87. The van der Waals surface area contributed by atoms with Crippen LogP contribution in [0.2, 0.25) is 0 Å². The van der Waals surface area contributed by atoms with Gasteiger partial charge >= 0.3 is 0 Å². The summed E-state index contributed by atoms with van der Waals surface area (Å²) in [5.41, 5.74) is 7.27. The second kappa shape index (κ2) is 7.61. The molecule has 1 aromatic rings. The minimum Gasteiger partial charge on any atom is -0.449 e. The van der Waals surface area contributed by atoms with E-state index in [1.165, 1.54) is 0 Å². The van der Waals surface area contributed by atoms with Crippen LogP contribution in [-0.4, -0.2) is 50.5 Å². The maximum atomic E-state index is 12.5. The van der Waals surface area contributed by atoms with Gasteiger partial charge in [-0.15, -0.1) is 0 Å². The zero-order valence-corrected chi connectivity index (χ0v) is 12.0. The van der Waals surface area contributed by atoms with E-state index in [9.17, 15) is 9.59 Å². The highest BCUT2D eigenvalue weighted by Crippen LogP contribution is 2.21. The zero-order chi connectivity index (χ0) is 15.1. The minimum absolute atomic E-state index is 0.182. The maximum absolute atomic E-state index is 12.5. The van der Waals surface area contributed by atoms with Gasteiger partial charge in [0.2, 0.25) is 6.10 Å². The van der Waals surface area contributed by atoms with Crippen molar-refractivity contribution < 1.29 is 14.3 Å². The van der Waals surface area contributed by atoms with Crippen LogP contribution in [0.25, 0.3) is 0 Å². The molecule has 1 fully saturated rings. The molecule has 0 aromatic heterocycles. The lowest BCUT2D eigenvalue weighted by molar-refractivity contribution is -0.152. The summed E-state index contributed by atoms with van der Waals surface area (Å²) in [5, 5.41) is 3.18. The van der Waals surface area contributed by atoms with E-state index in [1.54, 1.807) is 24.1 Å². The number of anilines is 1. The lowest BCUT2D eigenvalue weighted by Crippen LogP contribution is -2.48. The molecule has 1 aliphatic heterocycles. The number of ether oxygens (including phenoxy) is 1. The van der Waals surface area contributed by atoms with Crippen molar-refractivity contribution in [3.63, 3.8) is 0 Å². The monoisotopic (exact) mass is 292 g/mol. The highest BCUT2D eigenvalue weighted by molar-refractivity contribution is 5.83. The molecular formula is C14H20N4O3. The second-order valence-electron chi connectivity index (χ2n) is 4.68. The number of rotatable bonds is 6. The third-order valence-electron chi connectivity index (χ3n) is 3.33. The number of hydrazine groups is 1. The Hall–Kier alpha value is -2.12. The average molecular weight is 292 g/mol. The molecule has 1 unspecified atom stereocenters. The Kier molecular flexibility index (Phi) is 5.53. The number of carbonyl (C=O) groups excluding carboxylic acids is 2. The van der Waals surface area contributed by atoms with Gasteiger partial charge in [-0.1, -0.05) is 12.1 Å². The maximum Gasteiger partial charge on any atom is 0.294 e. The Labute approximate surface area is 123 Å². The number of benzene rings is 1. The van der Waals surface area contributed by atoms with Gasteiger partial charge < -0.3 is 20.4 Å². The van der Waals surface area contributed by atoms with Crippen molar-refractivity contribution >= 4 is 18.1 Å². The molecular weight excluding hydrogens is 272 g/mol. The smallest absolute Gasteiger partial charge is 0.294 e. The molecule has 3 N–H and O–H groups in total. The summed E-state index contributed by atoms with van der Waals surface area (Å²) in [4.78, 5) is 24.9. The zero-order valence-electron chi connectivity index (χ0n) is 12.0. The fourth-order valence-electron chi connectivity index (χ4n) is 2.27. The van der Waals surface area contributed by atoms with Crippen molar-refractivity contribution in [2.45, 2.75) is 6.10 Å². The van der Waals surface area contributed by atoms with Gasteiger partial charge in [-0.2, -0.15) is 0 Å². The quantitative estimate of drug-likeness (QED) is 0.501. The summed E-state index contributed by atoms with van der Waals surface area (Å²) in [6.07, 6.45) is -0.885. The molecule has 1 saturated heterocycles. The predicted octanol–water partition coefficient (Wildman–Crippen LogP) is -0.121. The van der Waals surface area contributed by atoms with Crippen LogP contribution >= 0.6 is 0 Å². The van der Waals surface area contributed by atoms with Gasteiger partial charge in [-0.25, -0.2) is 5.43 Å². The van der Waals surface area contributed by atoms with Crippen molar-refractivity contribution in [1.82, 2.24) is 15.6 Å². The van der Waals surface area contributed by atoms with E-state index in [2.05, 4.69) is 16.2 Å². The van der Waals surface area contributed by atoms with E-state index in [0.717, 1.165) is 18.8 Å². The summed E-state index contributed by atoms with van der Waals surface area (Å²) in [5.74, 6) is -0.182. The fraction of sp³-hybridized carbons (Fsp3) is 0.429. The molecule has 0 spiro atoms. The lowest BCUT2D eigenvalue weighted by Gasteiger charge is -2.30. The normalized spacial score (nSPS) is 16.1. The molecule has 1 aromatic carbocycles. The van der Waals surface area contributed by atoms with Crippen LogP contribution in [-0.2, 0) is 14.3 Å². The molecule has 1 aliphatic rings. The van der Waals surface area contributed by atoms with Crippen LogP contribution in [0.4, 0.5) is 5.69 Å². The Morgan fingerprint density at radius 1 is 1.33 bits per heavy atom. The largest absolute Gasteiger partial charge is 0.449 e. The Morgan fingerprint density at radius 3 is 2.57 bits per heavy atom. The van der Waals surface area contributed by atoms with Gasteiger partial charge in [0.05, 0.1) is 0 Å². The number of piperazine rings is 1. The van der Waals surface area contributed by atoms with Gasteiger partial charge in [0.15, 0.2) is 0 Å². The van der Waals surface area contributed by atoms with E-state index < -0.39 is 6.10 Å². The molecule has 1 atom stereocenters. The Morgan fingerprint density at radius 2 is 2.00 bits per heavy atom. The first-order chi connectivity index (χ1) is 10.3. The molecule has 2 rings (SSSR count). The van der Waals surface area contributed by atoms with Gasteiger partial charge in [0.25, 0.3) is 12.4 Å². The van der Waals surface area contributed by atoms with E-state index >= 15 is 0 Å². The highest BCUT2D eigenvalue weighted by Gasteiger charge is 2.28. The van der Waals surface area contributed by atoms with Crippen molar-refractivity contribution in [1.29, 1.82) is 0 Å². The number of nitrogens with zero attached hydrogens (tertiary/aromatic N) is 1. The van der Waals surface area contributed by atoms with Crippen LogP contribution < -0.4 is 16.2 Å². The molecule has 7 heteroatoms. The summed E-state index contributed by atoms with van der Waals surface area (Å²) < 4.78 is 5.01. The SMILES string of the molecule is CNNc1ccc(C(OC=O)C(=O)N2CCNCC2)cc1. The van der Waals surface area contributed by atoms with E-state index in [1.807, 2.05) is 12.1 Å². The third kappa shape index (κ3) is 3.93. The number of nitrogens with one attached hydrogen (secondary N) is 3. The fourth-order valence-corrected chi connectivity index (χ4v) is 2.27. The molecule has 21 heavy (non-hydrogen) atoms. The lowest BCUT2D eigenvalue weighted by atomic mass is 10.1. The second-order valence-corrected chi connectivity index (χ2v) is 4.68. The number of hydrogen-bond donors (Lipinski definition) is 3. The molecule has 0 bridgehead atoms. The van der Waals surface area contributed by atoms with Crippen LogP contribution in [0.15, 0.2) is 24.3 Å². The number of hydrogen-bond acceptors (Lipinski definition) is 6. The number of carbonyl (C=O) groups is 2. The van der Waals surface area contributed by atoms with Crippen LogP contribution in [0.1, 0.15) is 11.7 Å². The first-order valence-corrected chi connectivity index (χ1v) is 6.87. The molecule has 7 nitrogen and oxygen atoms in total. The topological polar surface area (TPSA) is 82.7 Å². The Balaban J connectivity index is 2.12. The van der Waals surface area contributed by atoms with Crippen molar-refractivity contribution in [3.05, 3.63) is 29.8 Å². The predicted molar refractivity (Wildman–Crippen MR) is 78.5 cm³/mol. The highest BCUT2D eigenvalue weighted by atomic mass is 16.5. The molecule has 1 heterocycles. The summed E-state index contributed by atoms with van der Waals surface area (Å²) >= 11 is 0. The van der Waals surface area contributed by atoms with Crippen molar-refractivity contribution in [2.24, 2.45) is 0 Å². The van der Waals surface area contributed by atoms with Crippen molar-refractivity contribution in [2.75, 3.05) is 38.7 Å². The van der Waals surface area contributed by atoms with Crippen molar-refractivity contribution in [3.8, 4) is 0 Å². The van der Waals surface area contributed by atoms with Gasteiger partial charge in [-0.3, -0.25) is 9.59 Å². The average Bonchev–Trinajstić information content (AvgIpc) is 2.54. The minimum atomic E-state index is -0.885. The summed E-state index contributed by atoms with van der Waals surface area (Å²) in [7, 11) is 1.76. The van der Waals surface area contributed by atoms with Crippen LogP contribution in [0.5, 0.6) is 0 Å². The molecule has 0 radical (unpaired) electrons. The number of amides is 1. The molecule has 0 aliphatic carbocycles. The van der Waals surface area contributed by atoms with Gasteiger partial charge in [0, 0.05) is 44.5 Å². The molecule has 114 valence electrons. The van der Waals surface area contributed by atoms with Crippen LogP contribution in [0, 0.1) is 0 Å².